The fraction of sp³-hybridized carbons (Fsp3) is 0.143. The number of hydrogen-bond acceptors (Lipinski definition) is 7. The van der Waals surface area contributed by atoms with Gasteiger partial charge in [-0.2, -0.15) is 5.10 Å². The first kappa shape index (κ1) is 22.7. The van der Waals surface area contributed by atoms with Crippen molar-refractivity contribution in [3.05, 3.63) is 70.1 Å². The lowest BCUT2D eigenvalue weighted by Gasteiger charge is -2.08. The minimum atomic E-state index is -3.83. The second-order valence-electron chi connectivity index (χ2n) is 7.42. The van der Waals surface area contributed by atoms with E-state index in [0.717, 1.165) is 22.9 Å². The predicted octanol–water partition coefficient (Wildman–Crippen LogP) is 2.10. The maximum absolute atomic E-state index is 12.5. The van der Waals surface area contributed by atoms with E-state index in [1.807, 2.05) is 32.0 Å². The van der Waals surface area contributed by atoms with Crippen LogP contribution in [0.1, 0.15) is 11.1 Å². The summed E-state index contributed by atoms with van der Waals surface area (Å²) in [5, 5.41) is 12.7. The summed E-state index contributed by atoms with van der Waals surface area (Å²) in [5.41, 5.74) is 3.17. The molecule has 1 amide bonds. The molecule has 4 N–H and O–H groups in total. The number of aromatic amines is 1. The minimum absolute atomic E-state index is 0.0403. The van der Waals surface area contributed by atoms with Gasteiger partial charge in [-0.25, -0.2) is 23.2 Å². The summed E-state index contributed by atoms with van der Waals surface area (Å²) < 4.78 is 24.4. The number of hydrogen-bond donors (Lipinski definition) is 3. The molecule has 0 saturated heterocycles. The van der Waals surface area contributed by atoms with Crippen molar-refractivity contribution in [3.63, 3.8) is 0 Å². The van der Waals surface area contributed by atoms with Crippen molar-refractivity contribution in [3.8, 4) is 5.69 Å². The first-order valence-electron chi connectivity index (χ1n) is 9.72. The smallest absolute Gasteiger partial charge is 0.262 e. The number of thioether (sulfide) groups is 1. The Labute approximate surface area is 193 Å². The molecule has 0 atom stereocenters. The number of carbonyl (C=O) groups is 1. The number of nitrogens with two attached hydrogens (primary N) is 1. The molecule has 0 aliphatic heterocycles. The summed E-state index contributed by atoms with van der Waals surface area (Å²) in [5.74, 6) is -0.196. The molecule has 0 aliphatic carbocycles. The molecule has 2 aromatic carbocycles. The molecular weight excluding hydrogens is 464 g/mol. The molecule has 4 rings (SSSR count). The van der Waals surface area contributed by atoms with E-state index < -0.39 is 15.6 Å². The van der Waals surface area contributed by atoms with Crippen LogP contribution in [0.3, 0.4) is 0 Å². The summed E-state index contributed by atoms with van der Waals surface area (Å²) in [6, 6.07) is 11.5. The van der Waals surface area contributed by atoms with Crippen molar-refractivity contribution in [2.45, 2.75) is 23.9 Å². The molecule has 33 heavy (non-hydrogen) atoms. The largest absolute Gasteiger partial charge is 0.325 e. The number of amides is 1. The van der Waals surface area contributed by atoms with Gasteiger partial charge in [0.2, 0.25) is 15.9 Å². The predicted molar refractivity (Wildman–Crippen MR) is 126 cm³/mol. The molecule has 2 aromatic heterocycles. The van der Waals surface area contributed by atoms with E-state index >= 15 is 0 Å². The maximum atomic E-state index is 12.5. The highest BCUT2D eigenvalue weighted by Gasteiger charge is 2.14. The van der Waals surface area contributed by atoms with Crippen LogP contribution in [0.25, 0.3) is 16.7 Å². The second-order valence-corrected chi connectivity index (χ2v) is 9.94. The number of benzene rings is 2. The summed E-state index contributed by atoms with van der Waals surface area (Å²) in [6.07, 6.45) is 1.37. The van der Waals surface area contributed by atoms with Gasteiger partial charge >= 0.3 is 0 Å². The maximum Gasteiger partial charge on any atom is 0.262 e. The van der Waals surface area contributed by atoms with E-state index in [0.29, 0.717) is 11.4 Å². The van der Waals surface area contributed by atoms with E-state index in [9.17, 15) is 18.0 Å². The van der Waals surface area contributed by atoms with Gasteiger partial charge in [0.15, 0.2) is 10.8 Å². The van der Waals surface area contributed by atoms with Gasteiger partial charge in [0.05, 0.1) is 22.5 Å². The quantitative estimate of drug-likeness (QED) is 0.280. The number of H-pyrrole nitrogens is 1. The van der Waals surface area contributed by atoms with E-state index in [4.69, 9.17) is 5.14 Å². The zero-order valence-electron chi connectivity index (χ0n) is 17.7. The summed E-state index contributed by atoms with van der Waals surface area (Å²) in [6.45, 7) is 3.90. The van der Waals surface area contributed by atoms with Gasteiger partial charge in [-0.05, 0) is 61.4 Å². The number of sulfonamides is 1. The van der Waals surface area contributed by atoms with Crippen LogP contribution in [0.4, 0.5) is 5.69 Å². The van der Waals surface area contributed by atoms with Gasteiger partial charge in [0, 0.05) is 5.69 Å². The number of aryl methyl sites for hydroxylation is 2. The van der Waals surface area contributed by atoms with Crippen LogP contribution in [-0.2, 0) is 14.8 Å². The molecule has 0 bridgehead atoms. The number of aromatic nitrogens is 4. The number of rotatable bonds is 6. The second kappa shape index (κ2) is 8.81. The number of carbonyl (C=O) groups excluding carboxylic acids is 1. The molecule has 0 fully saturated rings. The third-order valence-electron chi connectivity index (χ3n) is 4.67. The molecule has 0 radical (unpaired) electrons. The molecule has 4 aromatic rings. The van der Waals surface area contributed by atoms with Gasteiger partial charge in [-0.15, -0.1) is 0 Å². The van der Waals surface area contributed by atoms with E-state index in [2.05, 4.69) is 20.4 Å². The van der Waals surface area contributed by atoms with Crippen molar-refractivity contribution in [1.82, 2.24) is 19.7 Å². The zero-order chi connectivity index (χ0) is 23.8. The summed E-state index contributed by atoms with van der Waals surface area (Å²) in [4.78, 5) is 31.9. The molecule has 0 spiro atoms. The van der Waals surface area contributed by atoms with Gasteiger partial charge in [0.25, 0.3) is 5.56 Å². The number of anilines is 1. The van der Waals surface area contributed by atoms with Crippen molar-refractivity contribution < 1.29 is 13.2 Å². The van der Waals surface area contributed by atoms with Crippen LogP contribution in [0, 0.1) is 13.8 Å². The average molecular weight is 485 g/mol. The molecule has 170 valence electrons. The van der Waals surface area contributed by atoms with Crippen LogP contribution in [0.15, 0.2) is 63.5 Å². The Kier molecular flexibility index (Phi) is 6.06. The number of nitrogens with zero attached hydrogens (tertiary/aromatic N) is 3. The average Bonchev–Trinajstić information content (AvgIpc) is 3.15. The van der Waals surface area contributed by atoms with Crippen molar-refractivity contribution >= 4 is 44.4 Å². The zero-order valence-corrected chi connectivity index (χ0v) is 19.3. The number of nitrogens with one attached hydrogen (secondary N) is 2. The van der Waals surface area contributed by atoms with Gasteiger partial charge in [0.1, 0.15) is 5.39 Å². The van der Waals surface area contributed by atoms with Crippen LogP contribution in [0.5, 0.6) is 0 Å². The normalized spacial score (nSPS) is 11.6. The van der Waals surface area contributed by atoms with Crippen molar-refractivity contribution in [2.75, 3.05) is 11.1 Å². The highest BCUT2D eigenvalue weighted by Crippen LogP contribution is 2.20. The highest BCUT2D eigenvalue weighted by atomic mass is 32.2. The fourth-order valence-electron chi connectivity index (χ4n) is 3.31. The Hall–Kier alpha value is -3.48. The Bertz CT molecular complexity index is 1500. The van der Waals surface area contributed by atoms with Crippen LogP contribution in [-0.4, -0.2) is 39.8 Å². The van der Waals surface area contributed by atoms with Crippen molar-refractivity contribution in [1.29, 1.82) is 0 Å². The van der Waals surface area contributed by atoms with Crippen molar-refractivity contribution in [2.24, 2.45) is 5.14 Å². The Morgan fingerprint density at radius 2 is 1.82 bits per heavy atom. The summed E-state index contributed by atoms with van der Waals surface area (Å²) in [7, 11) is -3.83. The van der Waals surface area contributed by atoms with Gasteiger partial charge in [-0.3, -0.25) is 9.59 Å². The Morgan fingerprint density at radius 1 is 1.15 bits per heavy atom. The molecule has 0 unspecified atom stereocenters. The van der Waals surface area contributed by atoms with E-state index in [-0.39, 0.29) is 32.7 Å². The first-order chi connectivity index (χ1) is 15.6. The topological polar surface area (TPSA) is 153 Å². The number of fused-ring (bicyclic) bond motifs is 1. The van der Waals surface area contributed by atoms with Gasteiger partial charge in [-0.1, -0.05) is 17.8 Å². The van der Waals surface area contributed by atoms with Crippen LogP contribution >= 0.6 is 11.8 Å². The molecule has 0 aliphatic rings. The Morgan fingerprint density at radius 3 is 2.45 bits per heavy atom. The third-order valence-corrected chi connectivity index (χ3v) is 6.47. The first-order valence-corrected chi connectivity index (χ1v) is 12.3. The molecule has 0 saturated carbocycles. The van der Waals surface area contributed by atoms with E-state index in [1.165, 1.54) is 35.1 Å². The lowest BCUT2D eigenvalue weighted by Crippen LogP contribution is -2.16. The van der Waals surface area contributed by atoms with E-state index in [1.54, 1.807) is 0 Å². The fourth-order valence-corrected chi connectivity index (χ4v) is 4.48. The SMILES string of the molecule is Cc1cc(C)cc(NC(=O)CSc2nc3c(cnn3-c3ccc(S(N)(=O)=O)cc3)c(=O)[nH]2)c1. The number of primary sulfonamides is 1. The van der Waals surface area contributed by atoms with Gasteiger partial charge < -0.3 is 10.3 Å². The Balaban J connectivity index is 1.56. The lowest BCUT2D eigenvalue weighted by atomic mass is 10.1. The van der Waals surface area contributed by atoms with Crippen LogP contribution in [0.2, 0.25) is 0 Å². The minimum Gasteiger partial charge on any atom is -0.325 e. The third kappa shape index (κ3) is 5.13. The molecular formula is C21H20N6O4S2. The lowest BCUT2D eigenvalue weighted by molar-refractivity contribution is -0.113. The molecule has 10 nitrogen and oxygen atoms in total. The molecule has 2 heterocycles. The standard InChI is InChI=1S/C21H20N6O4S2/c1-12-7-13(2)9-14(8-12)24-18(28)11-32-21-25-19-17(20(29)26-21)10-23-27(19)15-3-5-16(6-4-15)33(22,30)31/h3-10H,11H2,1-2H3,(H,24,28)(H2,22,30,31)(H,25,26,29). The van der Waals surface area contributed by atoms with Crippen LogP contribution < -0.4 is 16.0 Å². The summed E-state index contributed by atoms with van der Waals surface area (Å²) >= 11 is 1.08. The molecule has 12 heteroatoms. The monoisotopic (exact) mass is 484 g/mol. The highest BCUT2D eigenvalue weighted by molar-refractivity contribution is 7.99.